The normalized spacial score (nSPS) is 26.8. The van der Waals surface area contributed by atoms with Crippen molar-refractivity contribution in [3.8, 4) is 0 Å². The molecule has 7 nitrogen and oxygen atoms in total. The van der Waals surface area contributed by atoms with Gasteiger partial charge in [-0.25, -0.2) is 0 Å². The second kappa shape index (κ2) is 7.01. The van der Waals surface area contributed by atoms with Crippen LogP contribution in [0.25, 0.3) is 0 Å². The van der Waals surface area contributed by atoms with E-state index >= 15 is 0 Å². The summed E-state index contributed by atoms with van der Waals surface area (Å²) in [5, 5.41) is 7.42. The molecule has 0 unspecified atom stereocenters. The van der Waals surface area contributed by atoms with E-state index in [9.17, 15) is 14.4 Å². The largest absolute Gasteiger partial charge is 0.481 e. The number of hydrogen-bond acceptors (Lipinski definition) is 5. The van der Waals surface area contributed by atoms with Crippen LogP contribution in [0.2, 0.25) is 0 Å². The van der Waals surface area contributed by atoms with Crippen molar-refractivity contribution in [3.63, 3.8) is 0 Å². The van der Waals surface area contributed by atoms with Crippen LogP contribution in [0.3, 0.4) is 0 Å². The molecule has 2 amide bonds. The minimum Gasteiger partial charge on any atom is -0.481 e. The first-order valence-electron chi connectivity index (χ1n) is 6.68. The van der Waals surface area contributed by atoms with Crippen LogP contribution in [0, 0.1) is 11.8 Å². The van der Waals surface area contributed by atoms with Crippen molar-refractivity contribution in [1.82, 2.24) is 4.90 Å². The summed E-state index contributed by atoms with van der Waals surface area (Å²) in [5.41, 5.74) is 0. The number of esters is 1. The molecule has 2 aliphatic rings. The summed E-state index contributed by atoms with van der Waals surface area (Å²) < 4.78 is 5.09. The zero-order valence-electron chi connectivity index (χ0n) is 12.2. The van der Waals surface area contributed by atoms with Gasteiger partial charge in [0.1, 0.15) is 6.10 Å². The van der Waals surface area contributed by atoms with Crippen molar-refractivity contribution in [1.29, 1.82) is 0 Å². The summed E-state index contributed by atoms with van der Waals surface area (Å²) in [5.74, 6) is -2.54. The molecule has 7 heteroatoms. The molecule has 0 saturated carbocycles. The molecule has 1 fully saturated rings. The highest BCUT2D eigenvalue weighted by atomic mass is 16.5. The lowest BCUT2D eigenvalue weighted by atomic mass is 9.83. The summed E-state index contributed by atoms with van der Waals surface area (Å²) in [6.45, 7) is 4.52. The molecule has 1 saturated heterocycles. The van der Waals surface area contributed by atoms with Gasteiger partial charge < -0.3 is 9.84 Å². The minimum absolute atomic E-state index is 0.149. The second-order valence-electron chi connectivity index (χ2n) is 4.81. The first-order valence-corrected chi connectivity index (χ1v) is 6.68. The van der Waals surface area contributed by atoms with Crippen molar-refractivity contribution in [2.45, 2.75) is 33.3 Å². The van der Waals surface area contributed by atoms with Gasteiger partial charge in [0.25, 0.3) is 5.97 Å². The molecule has 1 aliphatic carbocycles. The molecule has 1 N–H and O–H groups in total. The third kappa shape index (κ3) is 3.90. The van der Waals surface area contributed by atoms with Gasteiger partial charge in [-0.2, -0.15) is 0 Å². The zero-order chi connectivity index (χ0) is 16.2. The van der Waals surface area contributed by atoms with Gasteiger partial charge in [-0.05, 0) is 19.4 Å². The van der Waals surface area contributed by atoms with Crippen molar-refractivity contribution < 1.29 is 29.0 Å². The summed E-state index contributed by atoms with van der Waals surface area (Å²) in [7, 11) is 0. The third-order valence-electron chi connectivity index (χ3n) is 3.26. The topological polar surface area (TPSA) is 101 Å². The van der Waals surface area contributed by atoms with E-state index in [4.69, 9.17) is 14.6 Å². The van der Waals surface area contributed by atoms with Crippen molar-refractivity contribution >= 4 is 23.8 Å². The van der Waals surface area contributed by atoms with Crippen LogP contribution in [0.4, 0.5) is 0 Å². The Morgan fingerprint density at radius 2 is 1.90 bits per heavy atom. The molecule has 2 rings (SSSR count). The zero-order valence-corrected chi connectivity index (χ0v) is 12.2. The fourth-order valence-electron chi connectivity index (χ4n) is 2.53. The van der Waals surface area contributed by atoms with Crippen LogP contribution in [0.5, 0.6) is 0 Å². The maximum Gasteiger partial charge on any atom is 0.303 e. The average Bonchev–Trinajstić information content (AvgIpc) is 2.61. The van der Waals surface area contributed by atoms with E-state index in [1.807, 2.05) is 0 Å². The molecule has 3 atom stereocenters. The van der Waals surface area contributed by atoms with Crippen molar-refractivity contribution in [3.05, 3.63) is 12.2 Å². The number of rotatable bonds is 2. The van der Waals surface area contributed by atoms with E-state index in [1.165, 1.54) is 11.8 Å². The fraction of sp³-hybridized carbons (Fsp3) is 0.571. The number of carboxylic acid groups (broad SMARTS) is 1. The first kappa shape index (κ1) is 16.9. The van der Waals surface area contributed by atoms with Crippen LogP contribution in [0.1, 0.15) is 27.2 Å². The highest BCUT2D eigenvalue weighted by molar-refractivity contribution is 6.05. The SMILES string of the molecule is CC(=O)O.CCN1C(=O)[C@H]2[C@H](CC=C[C@H]2OC(C)=O)C1=O. The smallest absolute Gasteiger partial charge is 0.303 e. The number of amides is 2. The number of likely N-dealkylation sites (tertiary alicyclic amines) is 1. The van der Waals surface area contributed by atoms with Crippen LogP contribution in [-0.2, 0) is 23.9 Å². The van der Waals surface area contributed by atoms with Crippen molar-refractivity contribution in [2.24, 2.45) is 11.8 Å². The first-order chi connectivity index (χ1) is 9.79. The number of imide groups is 1. The molecule has 0 aromatic heterocycles. The molecule has 0 spiro atoms. The Bertz CT molecular complexity index is 480. The predicted octanol–water partition coefficient (Wildman–Crippen LogP) is 0.590. The summed E-state index contributed by atoms with van der Waals surface area (Å²) >= 11 is 0. The monoisotopic (exact) mass is 297 g/mol. The maximum absolute atomic E-state index is 12.1. The van der Waals surface area contributed by atoms with Gasteiger partial charge in [-0.1, -0.05) is 6.08 Å². The van der Waals surface area contributed by atoms with E-state index < -0.39 is 24.0 Å². The van der Waals surface area contributed by atoms with Gasteiger partial charge in [-0.3, -0.25) is 24.1 Å². The Labute approximate surface area is 122 Å². The highest BCUT2D eigenvalue weighted by Crippen LogP contribution is 2.36. The molecule has 0 aromatic carbocycles. The van der Waals surface area contributed by atoms with Crippen LogP contribution < -0.4 is 0 Å². The molecule has 1 heterocycles. The summed E-state index contributed by atoms with van der Waals surface area (Å²) in [6.07, 6.45) is 3.45. The third-order valence-corrected chi connectivity index (χ3v) is 3.26. The van der Waals surface area contributed by atoms with E-state index in [0.717, 1.165) is 6.92 Å². The predicted molar refractivity (Wildman–Crippen MR) is 72.0 cm³/mol. The van der Waals surface area contributed by atoms with Gasteiger partial charge in [0.05, 0.1) is 11.8 Å². The number of aliphatic carboxylic acids is 1. The van der Waals surface area contributed by atoms with Crippen molar-refractivity contribution in [2.75, 3.05) is 6.54 Å². The number of hydrogen-bond donors (Lipinski definition) is 1. The molecule has 0 aromatic rings. The lowest BCUT2D eigenvalue weighted by molar-refractivity contribution is -0.150. The molecule has 21 heavy (non-hydrogen) atoms. The number of fused-ring (bicyclic) bond motifs is 1. The highest BCUT2D eigenvalue weighted by Gasteiger charge is 2.51. The van der Waals surface area contributed by atoms with E-state index in [0.29, 0.717) is 13.0 Å². The second-order valence-corrected chi connectivity index (χ2v) is 4.81. The molecular formula is C14H19NO6. The fourth-order valence-corrected chi connectivity index (χ4v) is 2.53. The lowest BCUT2D eigenvalue weighted by Gasteiger charge is -2.25. The molecule has 0 radical (unpaired) electrons. The van der Waals surface area contributed by atoms with Crippen LogP contribution in [-0.4, -0.2) is 46.4 Å². The summed E-state index contributed by atoms with van der Waals surface area (Å²) in [6, 6.07) is 0. The van der Waals surface area contributed by atoms with Gasteiger partial charge in [0, 0.05) is 20.4 Å². The van der Waals surface area contributed by atoms with E-state index in [2.05, 4.69) is 0 Å². The maximum atomic E-state index is 12.1. The van der Waals surface area contributed by atoms with E-state index in [-0.39, 0.29) is 17.7 Å². The quantitative estimate of drug-likeness (QED) is 0.455. The number of ether oxygens (including phenoxy) is 1. The standard InChI is InChI=1S/C12H15NO4.C2H4O2/c1-3-13-11(15)8-5-4-6-9(17-7(2)14)10(8)12(13)16;1-2(3)4/h4,6,8-10H,3,5H2,1-2H3;1H3,(H,3,4)/t8-,9+,10-;/m0./s1. The van der Waals surface area contributed by atoms with Gasteiger partial charge in [0.2, 0.25) is 11.8 Å². The molecule has 116 valence electrons. The summed E-state index contributed by atoms with van der Waals surface area (Å²) in [4.78, 5) is 45.2. The number of allylic oxidation sites excluding steroid dienone is 1. The van der Waals surface area contributed by atoms with E-state index in [1.54, 1.807) is 19.1 Å². The Kier molecular flexibility index (Phi) is 5.63. The van der Waals surface area contributed by atoms with Gasteiger partial charge >= 0.3 is 5.97 Å². The van der Waals surface area contributed by atoms with Gasteiger partial charge in [0.15, 0.2) is 0 Å². The number of carbonyl (C=O) groups is 4. The Balaban J connectivity index is 0.000000491. The minimum atomic E-state index is -0.833. The van der Waals surface area contributed by atoms with Gasteiger partial charge in [-0.15, -0.1) is 0 Å². The number of carboxylic acids is 1. The van der Waals surface area contributed by atoms with Crippen LogP contribution >= 0.6 is 0 Å². The van der Waals surface area contributed by atoms with Crippen LogP contribution in [0.15, 0.2) is 12.2 Å². The Morgan fingerprint density at radius 1 is 1.33 bits per heavy atom. The molecule has 1 aliphatic heterocycles. The lowest BCUT2D eigenvalue weighted by Crippen LogP contribution is -2.36. The number of nitrogens with zero attached hydrogens (tertiary/aromatic N) is 1. The average molecular weight is 297 g/mol. The molecule has 0 bridgehead atoms. The molecular weight excluding hydrogens is 278 g/mol. The Morgan fingerprint density at radius 3 is 2.38 bits per heavy atom. The number of carbonyl (C=O) groups excluding carboxylic acids is 3. The Hall–Kier alpha value is -2.18.